The predicted octanol–water partition coefficient (Wildman–Crippen LogP) is 15.5. The summed E-state index contributed by atoms with van der Waals surface area (Å²) in [6.45, 7) is 7.36. The van der Waals surface area contributed by atoms with Crippen LogP contribution in [0.2, 0.25) is 0 Å². The van der Waals surface area contributed by atoms with Crippen molar-refractivity contribution >= 4 is 53.2 Å². The summed E-state index contributed by atoms with van der Waals surface area (Å²) in [5.74, 6) is 1.79. The monoisotopic (exact) mass is 850 g/mol. The van der Waals surface area contributed by atoms with E-state index in [0.29, 0.717) is 0 Å². The van der Waals surface area contributed by atoms with Gasteiger partial charge in [0, 0.05) is 0 Å². The Balaban J connectivity index is 0.000000334. The van der Waals surface area contributed by atoms with Crippen LogP contribution in [0.3, 0.4) is 0 Å². The first-order valence-corrected chi connectivity index (χ1v) is 23.5. The molecule has 0 bridgehead atoms. The van der Waals surface area contributed by atoms with Crippen molar-refractivity contribution in [1.82, 2.24) is 0 Å². The first-order valence-electron chi connectivity index (χ1n) is 19.3. The van der Waals surface area contributed by atoms with Crippen LogP contribution in [0.25, 0.3) is 43.8 Å². The predicted molar refractivity (Wildman–Crippen MR) is 242 cm³/mol. The van der Waals surface area contributed by atoms with Gasteiger partial charge in [-0.15, -0.1) is 93.9 Å². The summed E-state index contributed by atoms with van der Waals surface area (Å²) < 4.78 is 0. The maximum atomic E-state index is 3.06. The van der Waals surface area contributed by atoms with Crippen LogP contribution in [0.1, 0.15) is 99.3 Å². The van der Waals surface area contributed by atoms with Gasteiger partial charge in [0.1, 0.15) is 0 Å². The molecule has 2 saturated carbocycles. The fourth-order valence-corrected chi connectivity index (χ4v) is 8.60. The van der Waals surface area contributed by atoms with Crippen LogP contribution in [0.15, 0.2) is 109 Å². The summed E-state index contributed by atoms with van der Waals surface area (Å²) in [6.07, 6.45) is 19.7. The van der Waals surface area contributed by atoms with E-state index in [1.165, 1.54) is 179 Å². The normalized spacial score (nSPS) is 14.6. The van der Waals surface area contributed by atoms with Gasteiger partial charge in [-0.25, -0.2) is 0 Å². The first-order chi connectivity index (χ1) is 24.6. The van der Waals surface area contributed by atoms with E-state index in [4.69, 9.17) is 0 Å². The summed E-state index contributed by atoms with van der Waals surface area (Å²) in [4.78, 5) is 0. The number of rotatable bonds is 6. The standard InChI is InChI=1S/2C24H27.2CH3.2ClH.Si.Zr/c2*1-18-11-13-21(14-12-18)23-10-6-9-22-16-20(17-24(22)23)15-19-7-4-2-3-5-8-19;;;;;;/h2*6,9-14,16-17,19H,2-5,7-8,15H2,1H3;2*1H3;2*1H;;/q4*-1;;;;. The molecule has 0 N–H and O–H groups in total. The zero-order valence-corrected chi connectivity index (χ0v) is 38.4. The van der Waals surface area contributed by atoms with Gasteiger partial charge in [-0.2, -0.15) is 12.1 Å². The van der Waals surface area contributed by atoms with Crippen molar-refractivity contribution in [3.63, 3.8) is 0 Å². The third-order valence-corrected chi connectivity index (χ3v) is 11.3. The van der Waals surface area contributed by atoms with E-state index in [9.17, 15) is 0 Å². The molecule has 4 heteroatoms. The molecule has 2 fully saturated rings. The number of aryl methyl sites for hydroxylation is 2. The third kappa shape index (κ3) is 12.9. The van der Waals surface area contributed by atoms with Gasteiger partial charge in [0.2, 0.25) is 0 Å². The Hall–Kier alpha value is -2.22. The van der Waals surface area contributed by atoms with Crippen LogP contribution in [0, 0.1) is 40.5 Å². The fourth-order valence-electron chi connectivity index (χ4n) is 8.60. The Morgan fingerprint density at radius 3 is 1.17 bits per heavy atom. The van der Waals surface area contributed by atoms with Crippen LogP contribution in [0.5, 0.6) is 0 Å². The van der Waals surface area contributed by atoms with Gasteiger partial charge in [-0.3, -0.25) is 0 Å². The van der Waals surface area contributed by atoms with Crippen molar-refractivity contribution < 1.29 is 23.3 Å². The Labute approximate surface area is 358 Å². The van der Waals surface area contributed by atoms with Crippen molar-refractivity contribution in [3.8, 4) is 22.3 Å². The van der Waals surface area contributed by atoms with Crippen LogP contribution in [-0.4, -0.2) is 6.88 Å². The first kappa shape index (κ1) is 47.9. The second-order valence-electron chi connectivity index (χ2n) is 15.2. The van der Waals surface area contributed by atoms with Crippen molar-refractivity contribution in [2.24, 2.45) is 11.8 Å². The topological polar surface area (TPSA) is 0 Å². The van der Waals surface area contributed by atoms with Crippen molar-refractivity contribution in [2.45, 2.75) is 104 Å². The van der Waals surface area contributed by atoms with E-state index < -0.39 is 0 Å². The van der Waals surface area contributed by atoms with Crippen molar-refractivity contribution in [1.29, 1.82) is 0 Å². The second-order valence-corrected chi connectivity index (χ2v) is 15.2. The molecule has 0 heterocycles. The average molecular weight is 853 g/mol. The Morgan fingerprint density at radius 2 is 0.833 bits per heavy atom. The Kier molecular flexibility index (Phi) is 21.7. The minimum atomic E-state index is 0. The molecule has 6 aromatic carbocycles. The molecule has 0 atom stereocenters. The van der Waals surface area contributed by atoms with Gasteiger partial charge in [0.25, 0.3) is 0 Å². The molecule has 0 saturated heterocycles. The number of hydrogen-bond donors (Lipinski definition) is 0. The number of halogens is 2. The zero-order chi connectivity index (χ0) is 34.7. The Bertz CT molecular complexity index is 1780. The van der Waals surface area contributed by atoms with E-state index in [1.54, 1.807) is 0 Å². The summed E-state index contributed by atoms with van der Waals surface area (Å²) in [6, 6.07) is 41.1. The summed E-state index contributed by atoms with van der Waals surface area (Å²) >= 11 is 1.36. The molecule has 8 rings (SSSR count). The van der Waals surface area contributed by atoms with Crippen molar-refractivity contribution in [2.75, 3.05) is 0 Å². The average Bonchev–Trinajstić information content (AvgIpc) is 3.53. The van der Waals surface area contributed by atoms with Gasteiger partial charge in [0.05, 0.1) is 0 Å². The number of fused-ring (bicyclic) bond motifs is 2. The second kappa shape index (κ2) is 24.4. The third-order valence-electron chi connectivity index (χ3n) is 11.3. The van der Waals surface area contributed by atoms with Crippen LogP contribution >= 0.6 is 24.8 Å². The molecule has 2 aliphatic rings. The molecule has 54 heavy (non-hydrogen) atoms. The molecule has 0 aromatic heterocycles. The van der Waals surface area contributed by atoms with Crippen molar-refractivity contribution in [3.05, 3.63) is 146 Å². The molecule has 288 valence electrons. The van der Waals surface area contributed by atoms with Gasteiger partial charge < -0.3 is 14.9 Å². The van der Waals surface area contributed by atoms with Gasteiger partial charge in [-0.05, 0) is 49.7 Å². The van der Waals surface area contributed by atoms with Gasteiger partial charge in [-0.1, -0.05) is 160 Å². The molecule has 0 aliphatic heterocycles. The molecular weight excluding hydrogens is 791 g/mol. The number of hydrogen-bond acceptors (Lipinski definition) is 0. The molecule has 0 nitrogen and oxygen atoms in total. The zero-order valence-electron chi connectivity index (χ0n) is 33.3. The van der Waals surface area contributed by atoms with E-state index in [2.05, 4.69) is 130 Å². The molecule has 2 radical (unpaired) electrons. The maximum absolute atomic E-state index is 3.06. The van der Waals surface area contributed by atoms with E-state index in [0.717, 1.165) is 11.8 Å². The van der Waals surface area contributed by atoms with Crippen LogP contribution < -0.4 is 0 Å². The SMILES string of the molecule is Cc1ccc(-c2cccc3[cH-]c(CC4CCCCCC4)cc23)cc1.Cc1ccc(-c2cccc3[cH-]c(CC4CCCCCC4)cc23)cc1.Cl.Cl.[CH3-].[CH3-].[Si]=[Zr]. The quantitative estimate of drug-likeness (QED) is 0.0890. The van der Waals surface area contributed by atoms with Crippen LogP contribution in [-0.2, 0) is 36.2 Å². The summed E-state index contributed by atoms with van der Waals surface area (Å²) in [5.41, 5.74) is 11.1. The van der Waals surface area contributed by atoms with E-state index in [1.807, 2.05) is 0 Å². The van der Waals surface area contributed by atoms with E-state index in [-0.39, 0.29) is 39.7 Å². The van der Waals surface area contributed by atoms with E-state index >= 15 is 0 Å². The molecule has 2 aliphatic carbocycles. The molecular formula is C50H62Cl2SiZr-4. The molecule has 6 aromatic rings. The van der Waals surface area contributed by atoms with Gasteiger partial charge in [0.15, 0.2) is 0 Å². The fraction of sp³-hybridized carbons (Fsp3) is 0.360. The number of benzene rings is 4. The Morgan fingerprint density at radius 1 is 0.500 bits per heavy atom. The molecule has 0 amide bonds. The minimum absolute atomic E-state index is 0. The van der Waals surface area contributed by atoms with Crippen LogP contribution in [0.4, 0.5) is 0 Å². The van der Waals surface area contributed by atoms with Gasteiger partial charge >= 0.3 is 30.2 Å². The molecule has 0 spiro atoms. The summed E-state index contributed by atoms with van der Waals surface area (Å²) in [5, 5.41) is 5.64. The summed E-state index contributed by atoms with van der Waals surface area (Å²) in [7, 11) is 0. The molecule has 0 unspecified atom stereocenters.